The summed E-state index contributed by atoms with van der Waals surface area (Å²) in [5, 5.41) is 9.41. The molecular weight excluding hydrogens is 240 g/mol. The van der Waals surface area contributed by atoms with Crippen LogP contribution in [0, 0.1) is 0 Å². The molecule has 2 rings (SSSR count). The van der Waals surface area contributed by atoms with E-state index >= 15 is 0 Å². The van der Waals surface area contributed by atoms with Crippen LogP contribution in [-0.2, 0) is 0 Å². The lowest BCUT2D eigenvalue weighted by molar-refractivity contribution is 0.0692. The van der Waals surface area contributed by atoms with Crippen molar-refractivity contribution in [3.8, 4) is 11.1 Å². The number of benzene rings is 1. The summed E-state index contributed by atoms with van der Waals surface area (Å²) in [6.45, 7) is 0. The molecule has 0 radical (unpaired) electrons. The summed E-state index contributed by atoms with van der Waals surface area (Å²) < 4.78 is 0. The first-order chi connectivity index (χ1) is 8.08. The monoisotopic (exact) mass is 248 g/mol. The summed E-state index contributed by atoms with van der Waals surface area (Å²) in [7, 11) is 0. The van der Waals surface area contributed by atoms with Crippen LogP contribution in [0.4, 0.5) is 5.69 Å². The lowest BCUT2D eigenvalue weighted by Gasteiger charge is -2.05. The van der Waals surface area contributed by atoms with Gasteiger partial charge in [-0.25, -0.2) is 9.78 Å². The first-order valence-corrected chi connectivity index (χ1v) is 5.20. The van der Waals surface area contributed by atoms with E-state index in [1.807, 2.05) is 6.07 Å². The topological polar surface area (TPSA) is 76.2 Å². The van der Waals surface area contributed by atoms with Crippen LogP contribution in [0.2, 0.25) is 5.02 Å². The predicted molar refractivity (Wildman–Crippen MR) is 66.1 cm³/mol. The van der Waals surface area contributed by atoms with E-state index in [9.17, 15) is 4.79 Å². The van der Waals surface area contributed by atoms with Gasteiger partial charge in [-0.05, 0) is 23.8 Å². The van der Waals surface area contributed by atoms with E-state index in [1.54, 1.807) is 24.3 Å². The first kappa shape index (κ1) is 11.4. The zero-order valence-corrected chi connectivity index (χ0v) is 9.48. The van der Waals surface area contributed by atoms with Crippen LogP contribution in [0.1, 0.15) is 10.5 Å². The van der Waals surface area contributed by atoms with E-state index in [4.69, 9.17) is 22.4 Å². The van der Waals surface area contributed by atoms with Gasteiger partial charge < -0.3 is 10.8 Å². The van der Waals surface area contributed by atoms with Crippen LogP contribution in [0.15, 0.2) is 36.5 Å². The molecule has 5 heteroatoms. The van der Waals surface area contributed by atoms with Crippen molar-refractivity contribution in [1.29, 1.82) is 0 Å². The number of aromatic carboxylic acids is 1. The van der Waals surface area contributed by atoms with Crippen LogP contribution >= 0.6 is 11.6 Å². The maximum absolute atomic E-state index is 10.8. The predicted octanol–water partition coefficient (Wildman–Crippen LogP) is 2.68. The van der Waals surface area contributed by atoms with Gasteiger partial charge in [0.25, 0.3) is 0 Å². The Hall–Kier alpha value is -2.07. The lowest BCUT2D eigenvalue weighted by atomic mass is 10.1. The number of rotatable bonds is 2. The molecule has 4 nitrogen and oxygen atoms in total. The fourth-order valence-corrected chi connectivity index (χ4v) is 1.68. The van der Waals surface area contributed by atoms with Gasteiger partial charge in [0, 0.05) is 16.8 Å². The number of anilines is 1. The maximum atomic E-state index is 10.8. The van der Waals surface area contributed by atoms with Gasteiger partial charge in [0.2, 0.25) is 0 Å². The fraction of sp³-hybridized carbons (Fsp3) is 0. The average Bonchev–Trinajstić information content (AvgIpc) is 2.28. The van der Waals surface area contributed by atoms with Crippen molar-refractivity contribution >= 4 is 23.3 Å². The van der Waals surface area contributed by atoms with Crippen LogP contribution in [0.3, 0.4) is 0 Å². The molecule has 2 aromatic rings. The summed E-state index contributed by atoms with van der Waals surface area (Å²) in [5.74, 6) is -1.14. The van der Waals surface area contributed by atoms with Gasteiger partial charge in [0.05, 0.1) is 5.69 Å². The number of carbonyl (C=O) groups is 1. The maximum Gasteiger partial charge on any atom is 0.356 e. The molecule has 0 unspecified atom stereocenters. The molecule has 0 spiro atoms. The molecule has 0 amide bonds. The van der Waals surface area contributed by atoms with Crippen LogP contribution in [0.5, 0.6) is 0 Å². The Morgan fingerprint density at radius 3 is 2.65 bits per heavy atom. The van der Waals surface area contributed by atoms with Gasteiger partial charge in [0.1, 0.15) is 0 Å². The molecule has 3 N–H and O–H groups in total. The molecule has 1 aromatic heterocycles. The third kappa shape index (κ3) is 2.37. The highest BCUT2D eigenvalue weighted by Crippen LogP contribution is 2.24. The highest BCUT2D eigenvalue weighted by molar-refractivity contribution is 6.30. The van der Waals surface area contributed by atoms with E-state index in [0.717, 1.165) is 11.1 Å². The molecule has 1 aromatic carbocycles. The van der Waals surface area contributed by atoms with Crippen molar-refractivity contribution in [2.24, 2.45) is 0 Å². The molecule has 0 saturated heterocycles. The molecule has 0 fully saturated rings. The van der Waals surface area contributed by atoms with Gasteiger partial charge in [-0.1, -0.05) is 23.7 Å². The summed E-state index contributed by atoms with van der Waals surface area (Å²) in [4.78, 5) is 14.6. The number of carboxylic acids is 1. The van der Waals surface area contributed by atoms with Crippen molar-refractivity contribution in [3.63, 3.8) is 0 Å². The van der Waals surface area contributed by atoms with Crippen molar-refractivity contribution in [3.05, 3.63) is 47.2 Å². The Kier molecular flexibility index (Phi) is 2.97. The number of nitrogens with two attached hydrogens (primary N) is 1. The third-order valence-corrected chi connectivity index (χ3v) is 2.51. The molecule has 0 atom stereocenters. The smallest absolute Gasteiger partial charge is 0.356 e. The van der Waals surface area contributed by atoms with E-state index in [0.29, 0.717) is 5.02 Å². The second-order valence-electron chi connectivity index (χ2n) is 3.48. The van der Waals surface area contributed by atoms with Crippen molar-refractivity contribution < 1.29 is 9.90 Å². The molecule has 0 saturated carbocycles. The van der Waals surface area contributed by atoms with E-state index in [1.165, 1.54) is 6.20 Å². The molecule has 0 aliphatic carbocycles. The summed E-state index contributed by atoms with van der Waals surface area (Å²) >= 11 is 5.87. The Morgan fingerprint density at radius 1 is 1.29 bits per heavy atom. The summed E-state index contributed by atoms with van der Waals surface area (Å²) in [6, 6.07) is 8.75. The Morgan fingerprint density at radius 2 is 2.06 bits per heavy atom. The molecule has 0 aliphatic rings. The molecule has 0 bridgehead atoms. The van der Waals surface area contributed by atoms with Gasteiger partial charge in [-0.2, -0.15) is 0 Å². The minimum atomic E-state index is -1.14. The fourth-order valence-electron chi connectivity index (χ4n) is 1.49. The summed E-state index contributed by atoms with van der Waals surface area (Å²) in [5.41, 5.74) is 7.19. The highest BCUT2D eigenvalue weighted by Gasteiger charge is 2.10. The third-order valence-electron chi connectivity index (χ3n) is 2.28. The van der Waals surface area contributed by atoms with Gasteiger partial charge in [-0.15, -0.1) is 0 Å². The molecule has 1 heterocycles. The number of hydrogen-bond acceptors (Lipinski definition) is 3. The normalized spacial score (nSPS) is 10.2. The number of nitrogens with zero attached hydrogens (tertiary/aromatic N) is 1. The number of carboxylic acid groups (broad SMARTS) is 1. The van der Waals surface area contributed by atoms with E-state index in [2.05, 4.69) is 4.98 Å². The summed E-state index contributed by atoms with van der Waals surface area (Å²) in [6.07, 6.45) is 1.46. The second-order valence-corrected chi connectivity index (χ2v) is 3.91. The van der Waals surface area contributed by atoms with Crippen molar-refractivity contribution in [1.82, 2.24) is 4.98 Å². The molecular formula is C12H9ClN2O2. The zero-order valence-electron chi connectivity index (χ0n) is 8.72. The van der Waals surface area contributed by atoms with Gasteiger partial charge in [0.15, 0.2) is 5.69 Å². The lowest BCUT2D eigenvalue weighted by Crippen LogP contribution is -2.05. The highest BCUT2D eigenvalue weighted by atomic mass is 35.5. The first-order valence-electron chi connectivity index (χ1n) is 4.82. The average molecular weight is 249 g/mol. The Balaban J connectivity index is 2.48. The Bertz CT molecular complexity index is 584. The van der Waals surface area contributed by atoms with Gasteiger partial charge >= 0.3 is 5.97 Å². The quantitative estimate of drug-likeness (QED) is 0.857. The largest absolute Gasteiger partial charge is 0.476 e. The SMILES string of the molecule is Nc1cc(-c2cccc(Cl)c2)cnc1C(=O)O. The number of halogens is 1. The number of nitrogen functional groups attached to an aromatic ring is 1. The van der Waals surface area contributed by atoms with Crippen molar-refractivity contribution in [2.45, 2.75) is 0 Å². The Labute approximate surface area is 103 Å². The van der Waals surface area contributed by atoms with Crippen LogP contribution in [-0.4, -0.2) is 16.1 Å². The van der Waals surface area contributed by atoms with Gasteiger partial charge in [-0.3, -0.25) is 0 Å². The number of aromatic nitrogens is 1. The van der Waals surface area contributed by atoms with Crippen LogP contribution < -0.4 is 5.73 Å². The minimum Gasteiger partial charge on any atom is -0.476 e. The zero-order chi connectivity index (χ0) is 12.4. The molecule has 17 heavy (non-hydrogen) atoms. The molecule has 0 aliphatic heterocycles. The number of hydrogen-bond donors (Lipinski definition) is 2. The van der Waals surface area contributed by atoms with E-state index < -0.39 is 5.97 Å². The van der Waals surface area contributed by atoms with E-state index in [-0.39, 0.29) is 11.4 Å². The minimum absolute atomic E-state index is 0.134. The van der Waals surface area contributed by atoms with Crippen LogP contribution in [0.25, 0.3) is 11.1 Å². The second kappa shape index (κ2) is 4.43. The van der Waals surface area contributed by atoms with Crippen molar-refractivity contribution in [2.75, 3.05) is 5.73 Å². The molecule has 86 valence electrons. The number of pyridine rings is 1. The standard InChI is InChI=1S/C12H9ClN2O2/c13-9-3-1-2-7(4-9)8-5-10(14)11(12(16)17)15-6-8/h1-6H,14H2,(H,16,17).